The largest absolute Gasteiger partial charge is 0.246 e. The number of pyridine rings is 2. The van der Waals surface area contributed by atoms with E-state index in [4.69, 9.17) is 9.97 Å². The van der Waals surface area contributed by atoms with Crippen LogP contribution < -0.4 is 0 Å². The Morgan fingerprint density at radius 2 is 0.979 bits per heavy atom. The van der Waals surface area contributed by atoms with Crippen molar-refractivity contribution in [3.8, 4) is 22.5 Å². The summed E-state index contributed by atoms with van der Waals surface area (Å²) in [4.78, 5) is 10.9. The van der Waals surface area contributed by atoms with Crippen LogP contribution in [-0.2, 0) is 0 Å². The van der Waals surface area contributed by atoms with Crippen molar-refractivity contribution in [2.75, 3.05) is 0 Å². The minimum atomic E-state index is 0.888. The number of benzene rings is 7. The van der Waals surface area contributed by atoms with Gasteiger partial charge in [0.25, 0.3) is 0 Å². The molecule has 2 nitrogen and oxygen atoms in total. The molecule has 11 aromatic rings. The average molecular weight is 645 g/mol. The van der Waals surface area contributed by atoms with Crippen molar-refractivity contribution in [2.45, 2.75) is 0 Å². The molecule has 0 spiro atoms. The van der Waals surface area contributed by atoms with Crippen LogP contribution in [0.25, 0.3) is 106 Å². The number of hydrogen-bond acceptors (Lipinski definition) is 4. The predicted molar refractivity (Wildman–Crippen MR) is 209 cm³/mol. The molecule has 4 aromatic heterocycles. The summed E-state index contributed by atoms with van der Waals surface area (Å²) in [7, 11) is 0. The first-order chi connectivity index (χ1) is 23.8. The third kappa shape index (κ3) is 3.67. The van der Waals surface area contributed by atoms with Crippen molar-refractivity contribution in [3.05, 3.63) is 146 Å². The SMILES string of the molecule is c1ccc2c(-c3ccc4sc5ccccc5c4c3)cc(-c3nc4c5sc6ccccc6c5c5ccccc5c4c4ccccc34)nc2c1. The predicted octanol–water partition coefficient (Wildman–Crippen LogP) is 13.2. The fourth-order valence-corrected chi connectivity index (χ4v) is 10.0. The highest BCUT2D eigenvalue weighted by molar-refractivity contribution is 7.27. The van der Waals surface area contributed by atoms with Crippen LogP contribution in [0.1, 0.15) is 0 Å². The van der Waals surface area contributed by atoms with Crippen LogP contribution in [0.4, 0.5) is 0 Å². The lowest BCUT2D eigenvalue weighted by Crippen LogP contribution is -1.95. The molecule has 0 aliphatic rings. The Bertz CT molecular complexity index is 3130. The standard InChI is InChI=1S/C44H24N2S2/c1-2-14-29-28(13-1)40-30-15-3-4-16-31(30)42(46-43(40)44-41(29)32-17-7-10-20-38(32)48-44)36-24-33(26-11-5-8-18-35(26)45-36)25-21-22-39-34(23-25)27-12-6-9-19-37(27)47-39/h1-24H. The second kappa shape index (κ2) is 9.91. The number of aromatic nitrogens is 2. The van der Waals surface area contributed by atoms with Gasteiger partial charge in [-0.25, -0.2) is 9.97 Å². The lowest BCUT2D eigenvalue weighted by Gasteiger charge is -2.15. The van der Waals surface area contributed by atoms with Crippen LogP contribution in [-0.4, -0.2) is 9.97 Å². The number of rotatable bonds is 2. The maximum absolute atomic E-state index is 5.62. The third-order valence-corrected chi connectivity index (χ3v) is 12.2. The maximum atomic E-state index is 5.62. The van der Waals surface area contributed by atoms with Gasteiger partial charge >= 0.3 is 0 Å². The first-order valence-corrected chi connectivity index (χ1v) is 17.8. The van der Waals surface area contributed by atoms with E-state index in [1.54, 1.807) is 0 Å². The van der Waals surface area contributed by atoms with E-state index >= 15 is 0 Å². The van der Waals surface area contributed by atoms with Crippen molar-refractivity contribution in [1.29, 1.82) is 0 Å². The number of thiophene rings is 2. The summed E-state index contributed by atoms with van der Waals surface area (Å²) in [6.45, 7) is 0. The molecule has 0 saturated carbocycles. The lowest BCUT2D eigenvalue weighted by atomic mass is 9.94. The smallest absolute Gasteiger partial charge is 0.0973 e. The van der Waals surface area contributed by atoms with Crippen molar-refractivity contribution >= 4 is 106 Å². The second-order valence-electron chi connectivity index (χ2n) is 12.5. The van der Waals surface area contributed by atoms with Crippen LogP contribution in [0, 0.1) is 0 Å². The van der Waals surface area contributed by atoms with Gasteiger partial charge in [0.15, 0.2) is 0 Å². The molecule has 0 aliphatic carbocycles. The Kier molecular flexibility index (Phi) is 5.45. The van der Waals surface area contributed by atoms with Gasteiger partial charge in [-0.1, -0.05) is 109 Å². The quantitative estimate of drug-likeness (QED) is 0.175. The van der Waals surface area contributed by atoms with E-state index in [2.05, 4.69) is 146 Å². The van der Waals surface area contributed by atoms with E-state index in [1.807, 2.05) is 22.7 Å². The number of nitrogens with zero attached hydrogens (tertiary/aromatic N) is 2. The van der Waals surface area contributed by atoms with E-state index in [1.165, 1.54) is 73.0 Å². The highest BCUT2D eigenvalue weighted by Gasteiger charge is 2.21. The summed E-state index contributed by atoms with van der Waals surface area (Å²) in [5, 5.41) is 12.4. The van der Waals surface area contributed by atoms with E-state index < -0.39 is 0 Å². The lowest BCUT2D eigenvalue weighted by molar-refractivity contribution is 1.34. The van der Waals surface area contributed by atoms with Crippen LogP contribution in [0.2, 0.25) is 0 Å². The summed E-state index contributed by atoms with van der Waals surface area (Å²) in [6, 6.07) is 52.7. The van der Waals surface area contributed by atoms with Crippen LogP contribution in [0.15, 0.2) is 146 Å². The van der Waals surface area contributed by atoms with E-state index in [9.17, 15) is 0 Å². The Morgan fingerprint density at radius 1 is 0.396 bits per heavy atom. The molecule has 0 unspecified atom stereocenters. The Labute approximate surface area is 283 Å². The van der Waals surface area contributed by atoms with Crippen LogP contribution >= 0.6 is 22.7 Å². The Hall–Kier alpha value is -5.68. The van der Waals surface area contributed by atoms with Gasteiger partial charge in [-0.2, -0.15) is 0 Å². The van der Waals surface area contributed by atoms with Crippen molar-refractivity contribution in [1.82, 2.24) is 9.97 Å². The topological polar surface area (TPSA) is 25.8 Å². The van der Waals surface area contributed by atoms with Gasteiger partial charge in [-0.3, -0.25) is 0 Å². The summed E-state index contributed by atoms with van der Waals surface area (Å²) >= 11 is 3.70. The van der Waals surface area contributed by atoms with Gasteiger partial charge in [0.1, 0.15) is 0 Å². The van der Waals surface area contributed by atoms with E-state index in [0.717, 1.165) is 33.2 Å². The molecule has 11 rings (SSSR count). The monoisotopic (exact) mass is 644 g/mol. The molecule has 0 amide bonds. The molecule has 4 heteroatoms. The molecule has 0 saturated heterocycles. The van der Waals surface area contributed by atoms with Gasteiger partial charge in [0.2, 0.25) is 0 Å². The van der Waals surface area contributed by atoms with E-state index in [0.29, 0.717) is 0 Å². The van der Waals surface area contributed by atoms with Gasteiger partial charge in [0.05, 0.1) is 27.1 Å². The van der Waals surface area contributed by atoms with Crippen LogP contribution in [0.3, 0.4) is 0 Å². The minimum absolute atomic E-state index is 0.888. The van der Waals surface area contributed by atoms with Gasteiger partial charge in [-0.15, -0.1) is 22.7 Å². The van der Waals surface area contributed by atoms with Crippen LogP contribution in [0.5, 0.6) is 0 Å². The van der Waals surface area contributed by atoms with Crippen molar-refractivity contribution < 1.29 is 0 Å². The molecule has 4 heterocycles. The summed E-state index contributed by atoms with van der Waals surface area (Å²) in [5.74, 6) is 0. The van der Waals surface area contributed by atoms with Crippen molar-refractivity contribution in [2.24, 2.45) is 0 Å². The molecule has 48 heavy (non-hydrogen) atoms. The number of hydrogen-bond donors (Lipinski definition) is 0. The molecular formula is C44H24N2S2. The summed E-state index contributed by atoms with van der Waals surface area (Å²) < 4.78 is 5.13. The fraction of sp³-hybridized carbons (Fsp3) is 0. The number of para-hydroxylation sites is 1. The molecule has 222 valence electrons. The molecule has 0 bridgehead atoms. The zero-order valence-electron chi connectivity index (χ0n) is 25.6. The summed E-state index contributed by atoms with van der Waals surface area (Å²) in [6.07, 6.45) is 0. The molecular weight excluding hydrogens is 621 g/mol. The average Bonchev–Trinajstić information content (AvgIpc) is 3.73. The molecule has 7 aromatic carbocycles. The van der Waals surface area contributed by atoms with Crippen molar-refractivity contribution in [3.63, 3.8) is 0 Å². The summed E-state index contributed by atoms with van der Waals surface area (Å²) in [5.41, 5.74) is 6.18. The molecule has 0 fully saturated rings. The molecule has 0 radical (unpaired) electrons. The van der Waals surface area contributed by atoms with Gasteiger partial charge < -0.3 is 0 Å². The van der Waals surface area contributed by atoms with Gasteiger partial charge in [0, 0.05) is 51.8 Å². The first-order valence-electron chi connectivity index (χ1n) is 16.2. The molecule has 0 atom stereocenters. The minimum Gasteiger partial charge on any atom is -0.246 e. The fourth-order valence-electron chi connectivity index (χ4n) is 7.72. The highest BCUT2D eigenvalue weighted by Crippen LogP contribution is 2.47. The molecule has 0 N–H and O–H groups in total. The van der Waals surface area contributed by atoms with E-state index in [-0.39, 0.29) is 0 Å². The normalized spacial score (nSPS) is 12.2. The highest BCUT2D eigenvalue weighted by atomic mass is 32.1. The first kappa shape index (κ1) is 26.4. The Balaban J connectivity index is 1.26. The van der Waals surface area contributed by atoms with Gasteiger partial charge in [-0.05, 0) is 63.7 Å². The zero-order valence-corrected chi connectivity index (χ0v) is 27.2. The zero-order chi connectivity index (χ0) is 31.3. The second-order valence-corrected chi connectivity index (χ2v) is 14.6. The molecule has 0 aliphatic heterocycles. The third-order valence-electron chi connectivity index (χ3n) is 9.83. The number of fused-ring (bicyclic) bond motifs is 14. The maximum Gasteiger partial charge on any atom is 0.0973 e. The Morgan fingerprint density at radius 3 is 1.77 bits per heavy atom.